The Morgan fingerprint density at radius 2 is 2.05 bits per heavy atom. The van der Waals surface area contributed by atoms with Gasteiger partial charge in [-0.3, -0.25) is 9.36 Å². The molecule has 0 aromatic heterocycles. The molecule has 1 aromatic rings. The van der Waals surface area contributed by atoms with Gasteiger partial charge in [0.05, 0.1) is 18.5 Å². The van der Waals surface area contributed by atoms with Crippen LogP contribution in [0.4, 0.5) is 0 Å². The fraction of sp³-hybridized carbons (Fsp3) is 0.500. The molecule has 0 saturated heterocycles. The number of rotatable bonds is 6. The molecule has 3 N–H and O–H groups in total. The topological polar surface area (TPSA) is 90.7 Å². The van der Waals surface area contributed by atoms with E-state index in [1.165, 1.54) is 0 Å². The number of amides is 1. The largest absolute Gasteiger partial charge is 0.368 e. The van der Waals surface area contributed by atoms with Crippen molar-refractivity contribution in [1.29, 1.82) is 0 Å². The molecule has 1 aliphatic rings. The Morgan fingerprint density at radius 3 is 2.62 bits per heavy atom. The molecule has 21 heavy (non-hydrogen) atoms. The Labute approximate surface area is 124 Å². The quantitative estimate of drug-likeness (QED) is 0.772. The third kappa shape index (κ3) is 3.19. The molecule has 0 fully saturated rings. The second kappa shape index (κ2) is 6.71. The lowest BCUT2D eigenvalue weighted by Gasteiger charge is -2.28. The molecular formula is C14H21N2O4P. The predicted molar refractivity (Wildman–Crippen MR) is 80.6 cm³/mol. The van der Waals surface area contributed by atoms with Gasteiger partial charge in [-0.15, -0.1) is 0 Å². The van der Waals surface area contributed by atoms with Gasteiger partial charge in [0.25, 0.3) is 0 Å². The van der Waals surface area contributed by atoms with Crippen LogP contribution in [0.1, 0.15) is 31.0 Å². The first kappa shape index (κ1) is 16.2. The normalized spacial score (nSPS) is 18.3. The minimum absolute atomic E-state index is 0.290. The van der Waals surface area contributed by atoms with E-state index in [4.69, 9.17) is 14.8 Å². The van der Waals surface area contributed by atoms with Gasteiger partial charge >= 0.3 is 7.60 Å². The maximum atomic E-state index is 13.0. The maximum absolute atomic E-state index is 13.0. The molecule has 0 radical (unpaired) electrons. The molecule has 1 unspecified atom stereocenters. The summed E-state index contributed by atoms with van der Waals surface area (Å²) >= 11 is 0. The number of primary amides is 1. The molecule has 2 rings (SSSR count). The number of benzene rings is 1. The van der Waals surface area contributed by atoms with Crippen LogP contribution in [-0.2, 0) is 24.8 Å². The molecule has 0 saturated carbocycles. The van der Waals surface area contributed by atoms with Crippen LogP contribution >= 0.6 is 7.60 Å². The van der Waals surface area contributed by atoms with Gasteiger partial charge in [-0.1, -0.05) is 12.1 Å². The summed E-state index contributed by atoms with van der Waals surface area (Å²) in [7, 11) is -3.37. The molecule has 6 nitrogen and oxygen atoms in total. The van der Waals surface area contributed by atoms with E-state index < -0.39 is 19.5 Å². The highest BCUT2D eigenvalue weighted by atomic mass is 31.2. The van der Waals surface area contributed by atoms with Gasteiger partial charge < -0.3 is 20.1 Å². The highest BCUT2D eigenvalue weighted by Crippen LogP contribution is 2.48. The lowest BCUT2D eigenvalue weighted by Crippen LogP contribution is -2.40. The Balaban J connectivity index is 2.53. The van der Waals surface area contributed by atoms with Gasteiger partial charge in [0.15, 0.2) is 0 Å². The van der Waals surface area contributed by atoms with E-state index in [-0.39, 0.29) is 0 Å². The summed E-state index contributed by atoms with van der Waals surface area (Å²) in [5, 5.41) is 3.61. The van der Waals surface area contributed by atoms with E-state index in [1.807, 2.05) is 6.07 Å². The van der Waals surface area contributed by atoms with Gasteiger partial charge in [-0.25, -0.2) is 0 Å². The van der Waals surface area contributed by atoms with Crippen molar-refractivity contribution >= 4 is 18.8 Å². The van der Waals surface area contributed by atoms with E-state index in [2.05, 4.69) is 5.32 Å². The molecule has 1 aromatic carbocycles. The number of fused-ring (bicyclic) bond motifs is 1. The average molecular weight is 312 g/mol. The maximum Gasteiger partial charge on any atom is 0.361 e. The second-order valence-corrected chi connectivity index (χ2v) is 6.71. The zero-order chi connectivity index (χ0) is 15.5. The number of hydrogen-bond acceptors (Lipinski definition) is 5. The Kier molecular flexibility index (Phi) is 5.17. The first-order chi connectivity index (χ1) is 10.0. The lowest BCUT2D eigenvalue weighted by molar-refractivity contribution is -0.120. The van der Waals surface area contributed by atoms with Gasteiger partial charge in [0.1, 0.15) is 6.04 Å². The summed E-state index contributed by atoms with van der Waals surface area (Å²) in [6.45, 7) is 4.72. The molecule has 0 spiro atoms. The average Bonchev–Trinajstić information content (AvgIpc) is 2.46. The van der Waals surface area contributed by atoms with Crippen molar-refractivity contribution in [2.45, 2.75) is 26.3 Å². The van der Waals surface area contributed by atoms with Crippen molar-refractivity contribution in [2.24, 2.45) is 5.73 Å². The summed E-state index contributed by atoms with van der Waals surface area (Å²) < 4.78 is 23.8. The van der Waals surface area contributed by atoms with Crippen molar-refractivity contribution in [1.82, 2.24) is 5.32 Å². The van der Waals surface area contributed by atoms with Crippen molar-refractivity contribution in [3.8, 4) is 0 Å². The summed E-state index contributed by atoms with van der Waals surface area (Å²) in [6, 6.07) is 4.75. The van der Waals surface area contributed by atoms with Crippen LogP contribution in [0, 0.1) is 0 Å². The smallest absolute Gasteiger partial charge is 0.361 e. The summed E-state index contributed by atoms with van der Waals surface area (Å²) in [5.41, 5.74) is 7.02. The number of nitrogens with two attached hydrogens (primary N) is 1. The van der Waals surface area contributed by atoms with Gasteiger partial charge in [-0.2, -0.15) is 0 Å². The van der Waals surface area contributed by atoms with Crippen LogP contribution in [0.15, 0.2) is 18.2 Å². The third-order valence-electron chi connectivity index (χ3n) is 3.40. The first-order valence-electron chi connectivity index (χ1n) is 7.07. The van der Waals surface area contributed by atoms with E-state index in [0.717, 1.165) is 11.1 Å². The summed E-state index contributed by atoms with van der Waals surface area (Å²) in [6.07, 6.45) is 0.652. The molecule has 0 aliphatic carbocycles. The van der Waals surface area contributed by atoms with Crippen molar-refractivity contribution in [3.63, 3.8) is 0 Å². The van der Waals surface area contributed by atoms with E-state index in [9.17, 15) is 9.36 Å². The van der Waals surface area contributed by atoms with Crippen LogP contribution in [0.25, 0.3) is 0 Å². The van der Waals surface area contributed by atoms with Gasteiger partial charge in [-0.05, 0) is 37.5 Å². The van der Waals surface area contributed by atoms with Crippen molar-refractivity contribution in [2.75, 3.05) is 19.8 Å². The predicted octanol–water partition coefficient (Wildman–Crippen LogP) is 1.25. The van der Waals surface area contributed by atoms with E-state index in [0.29, 0.717) is 31.5 Å². The van der Waals surface area contributed by atoms with Crippen molar-refractivity contribution < 1.29 is 18.4 Å². The van der Waals surface area contributed by atoms with Gasteiger partial charge in [0, 0.05) is 6.54 Å². The fourth-order valence-electron chi connectivity index (χ4n) is 2.61. The Morgan fingerprint density at radius 1 is 1.38 bits per heavy atom. The highest BCUT2D eigenvalue weighted by Gasteiger charge is 2.34. The molecule has 1 atom stereocenters. The molecule has 0 bridgehead atoms. The molecule has 116 valence electrons. The SMILES string of the molecule is CCOP(=O)(OCC)c1cccc2c1CCNC2C(N)=O. The van der Waals surface area contributed by atoms with Crippen LogP contribution in [-0.4, -0.2) is 25.7 Å². The zero-order valence-electron chi connectivity index (χ0n) is 12.3. The summed E-state index contributed by atoms with van der Waals surface area (Å²) in [5.74, 6) is -0.448. The van der Waals surface area contributed by atoms with Gasteiger partial charge in [0.2, 0.25) is 5.91 Å². The third-order valence-corrected chi connectivity index (χ3v) is 5.60. The Hall–Kier alpha value is -1.20. The van der Waals surface area contributed by atoms with Crippen LogP contribution in [0.2, 0.25) is 0 Å². The number of hydrogen-bond donors (Lipinski definition) is 2. The standard InChI is InChI=1S/C14H21N2O4P/c1-3-19-21(18,20-4-2)12-7-5-6-11-10(12)8-9-16-13(11)14(15)17/h5-7,13,16H,3-4,8-9H2,1-2H3,(H2,15,17). The molecular weight excluding hydrogens is 291 g/mol. The monoisotopic (exact) mass is 312 g/mol. The van der Waals surface area contributed by atoms with Crippen molar-refractivity contribution in [3.05, 3.63) is 29.3 Å². The minimum Gasteiger partial charge on any atom is -0.368 e. The summed E-state index contributed by atoms with van der Waals surface area (Å²) in [4.78, 5) is 11.6. The van der Waals surface area contributed by atoms with E-state index >= 15 is 0 Å². The molecule has 1 aliphatic heterocycles. The molecule has 7 heteroatoms. The Bertz CT molecular complexity index is 566. The fourth-order valence-corrected chi connectivity index (χ4v) is 4.49. The zero-order valence-corrected chi connectivity index (χ0v) is 13.2. The molecule has 1 amide bonds. The lowest BCUT2D eigenvalue weighted by atomic mass is 9.94. The second-order valence-electron chi connectivity index (χ2n) is 4.72. The van der Waals surface area contributed by atoms with Crippen LogP contribution in [0.3, 0.4) is 0 Å². The van der Waals surface area contributed by atoms with E-state index in [1.54, 1.807) is 26.0 Å². The van der Waals surface area contributed by atoms with Crippen LogP contribution < -0.4 is 16.4 Å². The highest BCUT2D eigenvalue weighted by molar-refractivity contribution is 7.62. The first-order valence-corrected chi connectivity index (χ1v) is 8.62. The van der Waals surface area contributed by atoms with Crippen LogP contribution in [0.5, 0.6) is 0 Å². The number of carbonyl (C=O) groups excluding carboxylic acids is 1. The molecule has 1 heterocycles. The number of nitrogens with one attached hydrogen (secondary N) is 1. The number of carbonyl (C=O) groups is 1. The minimum atomic E-state index is -3.37.